The highest BCUT2D eigenvalue weighted by Crippen LogP contribution is 2.27. The molecule has 0 N–H and O–H groups in total. The summed E-state index contributed by atoms with van der Waals surface area (Å²) in [5, 5.41) is 5.83. The third-order valence-corrected chi connectivity index (χ3v) is 7.51. The van der Waals surface area contributed by atoms with Crippen LogP contribution in [0.25, 0.3) is 10.8 Å². The lowest BCUT2D eigenvalue weighted by atomic mass is 9.96. The zero-order chi connectivity index (χ0) is 21.3. The summed E-state index contributed by atoms with van der Waals surface area (Å²) in [6.07, 6.45) is 1.02. The van der Waals surface area contributed by atoms with Crippen LogP contribution in [0.15, 0.2) is 57.9 Å². The van der Waals surface area contributed by atoms with E-state index in [1.165, 1.54) is 4.31 Å². The lowest BCUT2D eigenvalue weighted by molar-refractivity contribution is -0.136. The van der Waals surface area contributed by atoms with Crippen LogP contribution in [-0.4, -0.2) is 48.8 Å². The van der Waals surface area contributed by atoms with Crippen molar-refractivity contribution >= 4 is 26.7 Å². The Morgan fingerprint density at radius 3 is 2.50 bits per heavy atom. The first-order chi connectivity index (χ1) is 14.3. The van der Waals surface area contributed by atoms with Crippen LogP contribution in [0.3, 0.4) is 0 Å². The second kappa shape index (κ2) is 8.20. The first-order valence-corrected chi connectivity index (χ1v) is 11.4. The van der Waals surface area contributed by atoms with Gasteiger partial charge in [-0.25, -0.2) is 8.42 Å². The molecule has 1 aliphatic heterocycles. The average molecular weight is 428 g/mol. The molecular weight excluding hydrogens is 402 g/mol. The average Bonchev–Trinajstić information content (AvgIpc) is 3.17. The maximum absolute atomic E-state index is 13.1. The molecule has 0 aliphatic carbocycles. The van der Waals surface area contributed by atoms with Gasteiger partial charge in [-0.3, -0.25) is 4.79 Å². The number of nitrogens with zero attached hydrogens (tertiary/aromatic N) is 3. The summed E-state index contributed by atoms with van der Waals surface area (Å²) in [4.78, 5) is 14.7. The van der Waals surface area contributed by atoms with Gasteiger partial charge in [-0.2, -0.15) is 4.31 Å². The van der Waals surface area contributed by atoms with E-state index in [-0.39, 0.29) is 11.8 Å². The van der Waals surface area contributed by atoms with Crippen LogP contribution in [0.5, 0.6) is 0 Å². The Balaban J connectivity index is 1.40. The van der Waals surface area contributed by atoms with Crippen molar-refractivity contribution in [2.75, 3.05) is 20.1 Å². The Hall–Kier alpha value is -2.71. The Bertz CT molecular complexity index is 1160. The molecule has 0 spiro atoms. The predicted octanol–water partition coefficient (Wildman–Crippen LogP) is 3.20. The molecule has 1 saturated heterocycles. The number of hydrogen-bond acceptors (Lipinski definition) is 5. The molecule has 4 rings (SSSR count). The van der Waals surface area contributed by atoms with Crippen molar-refractivity contribution in [1.82, 2.24) is 14.4 Å². The molecule has 1 aliphatic rings. The van der Waals surface area contributed by atoms with Gasteiger partial charge in [0, 0.05) is 32.1 Å². The zero-order valence-corrected chi connectivity index (χ0v) is 17.9. The number of carbonyl (C=O) groups excluding carboxylic acids is 1. The van der Waals surface area contributed by atoms with Crippen molar-refractivity contribution in [2.45, 2.75) is 31.2 Å². The smallest absolute Gasteiger partial charge is 0.243 e. The molecule has 3 aromatic rings. The van der Waals surface area contributed by atoms with Crippen molar-refractivity contribution < 1.29 is 17.7 Å². The third kappa shape index (κ3) is 4.11. The van der Waals surface area contributed by atoms with E-state index < -0.39 is 10.0 Å². The van der Waals surface area contributed by atoms with E-state index in [0.717, 1.165) is 10.8 Å². The predicted molar refractivity (Wildman–Crippen MR) is 113 cm³/mol. The highest BCUT2D eigenvalue weighted by molar-refractivity contribution is 7.89. The van der Waals surface area contributed by atoms with Crippen LogP contribution < -0.4 is 0 Å². The molecule has 0 radical (unpaired) electrons. The fraction of sp³-hybridized carbons (Fsp3) is 0.364. The molecule has 1 fully saturated rings. The van der Waals surface area contributed by atoms with Gasteiger partial charge in [-0.1, -0.05) is 35.5 Å². The van der Waals surface area contributed by atoms with E-state index in [0.29, 0.717) is 48.8 Å². The number of piperidine rings is 1. The summed E-state index contributed by atoms with van der Waals surface area (Å²) >= 11 is 0. The fourth-order valence-corrected chi connectivity index (χ4v) is 5.45. The van der Waals surface area contributed by atoms with Crippen molar-refractivity contribution in [1.29, 1.82) is 0 Å². The van der Waals surface area contributed by atoms with Gasteiger partial charge >= 0.3 is 0 Å². The summed E-state index contributed by atoms with van der Waals surface area (Å²) < 4.78 is 32.7. The second-order valence-corrected chi connectivity index (χ2v) is 9.75. The van der Waals surface area contributed by atoms with E-state index in [9.17, 15) is 13.2 Å². The van der Waals surface area contributed by atoms with Crippen molar-refractivity contribution in [3.63, 3.8) is 0 Å². The van der Waals surface area contributed by atoms with E-state index in [1.807, 2.05) is 43.3 Å². The van der Waals surface area contributed by atoms with Crippen molar-refractivity contribution in [2.24, 2.45) is 5.92 Å². The molecule has 0 bridgehead atoms. The minimum Gasteiger partial charge on any atom is -0.361 e. The van der Waals surface area contributed by atoms with Gasteiger partial charge in [0.25, 0.3) is 0 Å². The van der Waals surface area contributed by atoms with E-state index >= 15 is 0 Å². The molecular formula is C22H25N3O4S. The fourth-order valence-electron chi connectivity index (χ4n) is 3.95. The molecule has 0 atom stereocenters. The number of amides is 1. The lowest BCUT2D eigenvalue weighted by Crippen LogP contribution is -2.43. The molecule has 158 valence electrons. The van der Waals surface area contributed by atoms with Crippen LogP contribution in [0.1, 0.15) is 24.3 Å². The van der Waals surface area contributed by atoms with Crippen LogP contribution in [0, 0.1) is 12.8 Å². The van der Waals surface area contributed by atoms with Gasteiger partial charge in [0.2, 0.25) is 15.9 Å². The molecule has 7 nitrogen and oxygen atoms in total. The molecule has 0 unspecified atom stereocenters. The van der Waals surface area contributed by atoms with E-state index in [1.54, 1.807) is 24.1 Å². The van der Waals surface area contributed by atoms with Crippen LogP contribution in [-0.2, 0) is 21.4 Å². The third-order valence-electron chi connectivity index (χ3n) is 5.61. The molecule has 0 saturated carbocycles. The monoisotopic (exact) mass is 427 g/mol. The maximum atomic E-state index is 13.1. The van der Waals surface area contributed by atoms with Crippen molar-refractivity contribution in [3.8, 4) is 0 Å². The molecule has 2 heterocycles. The van der Waals surface area contributed by atoms with E-state index in [4.69, 9.17) is 4.52 Å². The van der Waals surface area contributed by atoms with Crippen LogP contribution >= 0.6 is 0 Å². The number of sulfonamides is 1. The number of rotatable bonds is 5. The Morgan fingerprint density at radius 2 is 1.83 bits per heavy atom. The molecule has 2 aromatic carbocycles. The summed E-state index contributed by atoms with van der Waals surface area (Å²) in [6.45, 7) is 2.86. The molecule has 8 heteroatoms. The molecule has 1 amide bonds. The van der Waals surface area contributed by atoms with Crippen LogP contribution in [0.4, 0.5) is 0 Å². The van der Waals surface area contributed by atoms with Gasteiger partial charge in [-0.15, -0.1) is 0 Å². The highest BCUT2D eigenvalue weighted by atomic mass is 32.2. The minimum atomic E-state index is -3.58. The summed E-state index contributed by atoms with van der Waals surface area (Å²) in [5.41, 5.74) is 0.708. The quantitative estimate of drug-likeness (QED) is 0.624. The van der Waals surface area contributed by atoms with Gasteiger partial charge in [-0.05, 0) is 42.7 Å². The van der Waals surface area contributed by atoms with Crippen molar-refractivity contribution in [3.05, 3.63) is 60.0 Å². The maximum Gasteiger partial charge on any atom is 0.243 e. The number of aryl methyl sites for hydroxylation is 1. The largest absolute Gasteiger partial charge is 0.361 e. The van der Waals surface area contributed by atoms with Gasteiger partial charge < -0.3 is 9.42 Å². The summed E-state index contributed by atoms with van der Waals surface area (Å²) in [5.74, 6) is 0.530. The number of benzene rings is 2. The zero-order valence-electron chi connectivity index (χ0n) is 17.1. The summed E-state index contributed by atoms with van der Waals surface area (Å²) in [6, 6.07) is 14.7. The molecule has 1 aromatic heterocycles. The molecule has 30 heavy (non-hydrogen) atoms. The van der Waals surface area contributed by atoms with Gasteiger partial charge in [0.05, 0.1) is 11.4 Å². The Morgan fingerprint density at radius 1 is 1.13 bits per heavy atom. The number of aromatic nitrogens is 1. The summed E-state index contributed by atoms with van der Waals surface area (Å²) in [7, 11) is -1.84. The highest BCUT2D eigenvalue weighted by Gasteiger charge is 2.33. The first kappa shape index (κ1) is 20.6. The topological polar surface area (TPSA) is 83.7 Å². The Kier molecular flexibility index (Phi) is 5.62. The normalized spacial score (nSPS) is 16.1. The Labute approximate surface area is 176 Å². The second-order valence-electron chi connectivity index (χ2n) is 7.81. The standard InChI is InChI=1S/C22H25N3O4S/c1-16-13-20(23-29-16)15-24(2)22(26)18-9-11-25(12-10-18)30(27,28)21-8-7-17-5-3-4-6-19(17)14-21/h3-8,13-14,18H,9-12,15H2,1-2H3. The van der Waals surface area contributed by atoms with Crippen LogP contribution in [0.2, 0.25) is 0 Å². The van der Waals surface area contributed by atoms with Gasteiger partial charge in [0.1, 0.15) is 11.5 Å². The first-order valence-electron chi connectivity index (χ1n) is 10.0. The number of hydrogen-bond donors (Lipinski definition) is 0. The SMILES string of the molecule is Cc1cc(CN(C)C(=O)C2CCN(S(=O)(=O)c3ccc4ccccc4c3)CC2)no1. The van der Waals surface area contributed by atoms with Gasteiger partial charge in [0.15, 0.2) is 0 Å². The number of fused-ring (bicyclic) bond motifs is 1. The number of carbonyl (C=O) groups is 1. The lowest BCUT2D eigenvalue weighted by Gasteiger charge is -2.32. The minimum absolute atomic E-state index is 0.0124. The van der Waals surface area contributed by atoms with E-state index in [2.05, 4.69) is 5.16 Å².